The van der Waals surface area contributed by atoms with Gasteiger partial charge in [-0.3, -0.25) is 0 Å². The second kappa shape index (κ2) is 5.42. The quantitative estimate of drug-likeness (QED) is 0.482. The Balaban J connectivity index is 3.49. The summed E-state index contributed by atoms with van der Waals surface area (Å²) in [7, 11) is 0. The van der Waals surface area contributed by atoms with Crippen LogP contribution < -0.4 is 0 Å². The summed E-state index contributed by atoms with van der Waals surface area (Å²) in [6.45, 7) is 0.0226. The SMILES string of the molecule is OCC=C(CCl)CCl. The highest BCUT2D eigenvalue weighted by Gasteiger charge is 1.88. The van der Waals surface area contributed by atoms with E-state index in [1.807, 2.05) is 0 Å². The molecule has 0 spiro atoms. The lowest BCUT2D eigenvalue weighted by molar-refractivity contribution is 0.342. The van der Waals surface area contributed by atoms with Gasteiger partial charge in [-0.25, -0.2) is 0 Å². The molecule has 0 aromatic carbocycles. The summed E-state index contributed by atoms with van der Waals surface area (Å²) in [6, 6.07) is 0. The molecule has 0 amide bonds. The van der Waals surface area contributed by atoms with Crippen LogP contribution in [0.1, 0.15) is 0 Å². The maximum absolute atomic E-state index is 8.31. The van der Waals surface area contributed by atoms with E-state index in [0.29, 0.717) is 11.8 Å². The first-order valence-electron chi connectivity index (χ1n) is 2.25. The number of hydrogen-bond donors (Lipinski definition) is 1. The topological polar surface area (TPSA) is 20.2 Å². The fourth-order valence-electron chi connectivity index (χ4n) is 0.274. The molecule has 0 fully saturated rings. The van der Waals surface area contributed by atoms with Gasteiger partial charge in [-0.15, -0.1) is 23.2 Å². The Morgan fingerprint density at radius 2 is 1.88 bits per heavy atom. The van der Waals surface area contributed by atoms with Gasteiger partial charge in [0.05, 0.1) is 6.61 Å². The molecule has 0 heterocycles. The summed E-state index contributed by atoms with van der Waals surface area (Å²) < 4.78 is 0. The Morgan fingerprint density at radius 3 is 2.00 bits per heavy atom. The predicted octanol–water partition coefficient (Wildman–Crippen LogP) is 1.38. The van der Waals surface area contributed by atoms with Gasteiger partial charge in [-0.2, -0.15) is 0 Å². The van der Waals surface area contributed by atoms with Crippen molar-refractivity contribution < 1.29 is 5.11 Å². The van der Waals surface area contributed by atoms with Crippen LogP contribution in [0.2, 0.25) is 0 Å². The molecule has 0 rings (SSSR count). The monoisotopic (exact) mass is 154 g/mol. The zero-order valence-corrected chi connectivity index (χ0v) is 5.91. The molecule has 0 unspecified atom stereocenters. The normalized spacial score (nSPS) is 8.88. The Morgan fingerprint density at radius 1 is 1.38 bits per heavy atom. The van der Waals surface area contributed by atoms with E-state index >= 15 is 0 Å². The molecule has 8 heavy (non-hydrogen) atoms. The molecular weight excluding hydrogens is 147 g/mol. The lowest BCUT2D eigenvalue weighted by Crippen LogP contribution is -1.87. The van der Waals surface area contributed by atoms with Gasteiger partial charge in [0, 0.05) is 11.8 Å². The van der Waals surface area contributed by atoms with Crippen LogP contribution >= 0.6 is 23.2 Å². The molecule has 0 aliphatic rings. The number of allylic oxidation sites excluding steroid dienone is 1. The molecule has 48 valence electrons. The Kier molecular flexibility index (Phi) is 5.61. The highest BCUT2D eigenvalue weighted by atomic mass is 35.5. The summed E-state index contributed by atoms with van der Waals surface area (Å²) in [4.78, 5) is 0. The highest BCUT2D eigenvalue weighted by Crippen LogP contribution is 1.98. The third kappa shape index (κ3) is 3.30. The summed E-state index contributed by atoms with van der Waals surface area (Å²) in [5, 5.41) is 8.31. The largest absolute Gasteiger partial charge is 0.392 e. The molecule has 0 aromatic rings. The van der Waals surface area contributed by atoms with E-state index in [1.165, 1.54) is 0 Å². The summed E-state index contributed by atoms with van der Waals surface area (Å²) in [6.07, 6.45) is 1.61. The third-order valence-corrected chi connectivity index (χ3v) is 1.41. The summed E-state index contributed by atoms with van der Waals surface area (Å²) in [5.74, 6) is 0.814. The van der Waals surface area contributed by atoms with Crippen LogP contribution in [-0.4, -0.2) is 23.5 Å². The van der Waals surface area contributed by atoms with Crippen molar-refractivity contribution in [1.82, 2.24) is 0 Å². The zero-order valence-electron chi connectivity index (χ0n) is 4.40. The minimum Gasteiger partial charge on any atom is -0.392 e. The fourth-order valence-corrected chi connectivity index (χ4v) is 0.778. The van der Waals surface area contributed by atoms with Crippen molar-refractivity contribution in [3.8, 4) is 0 Å². The second-order valence-corrected chi connectivity index (χ2v) is 1.85. The van der Waals surface area contributed by atoms with E-state index in [-0.39, 0.29) is 6.61 Å². The van der Waals surface area contributed by atoms with Gasteiger partial charge >= 0.3 is 0 Å². The molecule has 0 saturated carbocycles. The lowest BCUT2D eigenvalue weighted by atomic mass is 10.3. The maximum atomic E-state index is 8.31. The van der Waals surface area contributed by atoms with E-state index in [2.05, 4.69) is 0 Å². The molecule has 3 heteroatoms. The molecule has 0 aliphatic carbocycles. The van der Waals surface area contributed by atoms with Crippen LogP contribution in [0.5, 0.6) is 0 Å². The van der Waals surface area contributed by atoms with E-state index in [9.17, 15) is 0 Å². The summed E-state index contributed by atoms with van der Waals surface area (Å²) in [5.41, 5.74) is 0.871. The van der Waals surface area contributed by atoms with E-state index in [4.69, 9.17) is 28.3 Å². The number of rotatable bonds is 3. The average molecular weight is 155 g/mol. The van der Waals surface area contributed by atoms with Crippen molar-refractivity contribution in [1.29, 1.82) is 0 Å². The predicted molar refractivity (Wildman–Crippen MR) is 36.6 cm³/mol. The van der Waals surface area contributed by atoms with Crippen LogP contribution in [0.15, 0.2) is 11.6 Å². The average Bonchev–Trinajstić information content (AvgIpc) is 1.83. The molecule has 0 aliphatic heterocycles. The number of aliphatic hydroxyl groups is 1. The fraction of sp³-hybridized carbons (Fsp3) is 0.600. The minimum atomic E-state index is 0.0226. The van der Waals surface area contributed by atoms with Crippen LogP contribution in [0.25, 0.3) is 0 Å². The molecule has 0 aromatic heterocycles. The molecule has 1 nitrogen and oxygen atoms in total. The molecular formula is C5H8Cl2O. The van der Waals surface area contributed by atoms with Gasteiger partial charge in [-0.05, 0) is 5.57 Å². The van der Waals surface area contributed by atoms with Crippen LogP contribution in [-0.2, 0) is 0 Å². The first kappa shape index (κ1) is 8.28. The number of alkyl halides is 2. The first-order valence-corrected chi connectivity index (χ1v) is 3.32. The van der Waals surface area contributed by atoms with E-state index < -0.39 is 0 Å². The van der Waals surface area contributed by atoms with Crippen LogP contribution in [0.4, 0.5) is 0 Å². The van der Waals surface area contributed by atoms with Crippen molar-refractivity contribution in [3.63, 3.8) is 0 Å². The van der Waals surface area contributed by atoms with E-state index in [0.717, 1.165) is 5.57 Å². The number of aliphatic hydroxyl groups excluding tert-OH is 1. The Bertz CT molecular complexity index is 74.5. The first-order chi connectivity index (χ1) is 3.85. The van der Waals surface area contributed by atoms with Crippen molar-refractivity contribution in [2.45, 2.75) is 0 Å². The van der Waals surface area contributed by atoms with Crippen LogP contribution in [0.3, 0.4) is 0 Å². The van der Waals surface area contributed by atoms with Gasteiger partial charge in [0.1, 0.15) is 0 Å². The summed E-state index contributed by atoms with van der Waals surface area (Å²) >= 11 is 10.8. The molecule has 0 bridgehead atoms. The van der Waals surface area contributed by atoms with E-state index in [1.54, 1.807) is 6.08 Å². The lowest BCUT2D eigenvalue weighted by Gasteiger charge is -1.92. The highest BCUT2D eigenvalue weighted by molar-refractivity contribution is 6.23. The van der Waals surface area contributed by atoms with Gasteiger partial charge in [0.15, 0.2) is 0 Å². The maximum Gasteiger partial charge on any atom is 0.0615 e. The molecule has 0 atom stereocenters. The van der Waals surface area contributed by atoms with Crippen LogP contribution in [0, 0.1) is 0 Å². The van der Waals surface area contributed by atoms with Gasteiger partial charge < -0.3 is 5.11 Å². The standard InChI is InChI=1S/C5H8Cl2O/c6-3-5(4-7)1-2-8/h1,8H,2-4H2. The smallest absolute Gasteiger partial charge is 0.0615 e. The third-order valence-electron chi connectivity index (χ3n) is 0.723. The van der Waals surface area contributed by atoms with Crippen molar-refractivity contribution in [2.24, 2.45) is 0 Å². The number of hydrogen-bond acceptors (Lipinski definition) is 1. The molecule has 1 N–H and O–H groups in total. The Labute approximate surface area is 58.9 Å². The minimum absolute atomic E-state index is 0.0226. The van der Waals surface area contributed by atoms with Crippen molar-refractivity contribution in [3.05, 3.63) is 11.6 Å². The molecule has 0 radical (unpaired) electrons. The zero-order chi connectivity index (χ0) is 6.41. The second-order valence-electron chi connectivity index (χ2n) is 1.31. The van der Waals surface area contributed by atoms with Gasteiger partial charge in [0.25, 0.3) is 0 Å². The van der Waals surface area contributed by atoms with Gasteiger partial charge in [0.2, 0.25) is 0 Å². The molecule has 0 saturated heterocycles. The van der Waals surface area contributed by atoms with Gasteiger partial charge in [-0.1, -0.05) is 6.08 Å². The Hall–Kier alpha value is 0.280. The van der Waals surface area contributed by atoms with Crippen molar-refractivity contribution in [2.75, 3.05) is 18.4 Å². The number of halogens is 2. The van der Waals surface area contributed by atoms with Crippen molar-refractivity contribution >= 4 is 23.2 Å².